The van der Waals surface area contributed by atoms with Crippen LogP contribution in [0.2, 0.25) is 0 Å². The Bertz CT molecular complexity index is 1680. The molecule has 7 rings (SSSR count). The van der Waals surface area contributed by atoms with E-state index in [9.17, 15) is 24.9 Å². The second kappa shape index (κ2) is 10.7. The van der Waals surface area contributed by atoms with Crippen LogP contribution in [0.15, 0.2) is 52.7 Å². The minimum Gasteiger partial charge on any atom is -0.506 e. The summed E-state index contributed by atoms with van der Waals surface area (Å²) in [6, 6.07) is 0. The third kappa shape index (κ3) is 4.54. The molecule has 0 radical (unpaired) electrons. The van der Waals surface area contributed by atoms with Gasteiger partial charge in [-0.15, -0.1) is 0 Å². The van der Waals surface area contributed by atoms with E-state index in [4.69, 9.17) is 14.2 Å². The van der Waals surface area contributed by atoms with Crippen molar-refractivity contribution >= 4 is 17.8 Å². The van der Waals surface area contributed by atoms with Crippen molar-refractivity contribution in [3.05, 3.63) is 69.4 Å². The van der Waals surface area contributed by atoms with Crippen LogP contribution < -0.4 is 9.47 Å². The highest BCUT2D eigenvalue weighted by Crippen LogP contribution is 2.69. The highest BCUT2D eigenvalue weighted by molar-refractivity contribution is 6.16. The summed E-state index contributed by atoms with van der Waals surface area (Å²) in [6.07, 6.45) is 12.8. The summed E-state index contributed by atoms with van der Waals surface area (Å²) in [5.74, 6) is -1.64. The van der Waals surface area contributed by atoms with Crippen molar-refractivity contribution in [1.29, 1.82) is 0 Å². The van der Waals surface area contributed by atoms with Gasteiger partial charge in [0, 0.05) is 35.0 Å². The van der Waals surface area contributed by atoms with Crippen LogP contribution in [0.3, 0.4) is 0 Å². The lowest BCUT2D eigenvalue weighted by Crippen LogP contribution is -2.73. The van der Waals surface area contributed by atoms with E-state index in [1.807, 2.05) is 52.8 Å². The topological polar surface area (TPSA) is 123 Å². The number of aromatic hydroxyl groups is 1. The molecule has 1 unspecified atom stereocenters. The first-order chi connectivity index (χ1) is 21.5. The maximum Gasteiger partial charge on any atom is 0.330 e. The first-order valence-electron chi connectivity index (χ1n) is 16.3. The Morgan fingerprint density at radius 1 is 1.02 bits per heavy atom. The molecular formula is C38H46O8. The zero-order valence-corrected chi connectivity index (χ0v) is 28.1. The van der Waals surface area contributed by atoms with Crippen LogP contribution in [0.5, 0.6) is 17.2 Å². The van der Waals surface area contributed by atoms with Crippen LogP contribution in [0.4, 0.5) is 0 Å². The maximum atomic E-state index is 14.7. The van der Waals surface area contributed by atoms with E-state index in [-0.39, 0.29) is 40.8 Å². The zero-order valence-electron chi connectivity index (χ0n) is 28.1. The van der Waals surface area contributed by atoms with Crippen molar-refractivity contribution in [2.45, 2.75) is 116 Å². The molecule has 6 aliphatic rings. The molecule has 2 fully saturated rings. The van der Waals surface area contributed by atoms with Crippen molar-refractivity contribution in [1.82, 2.24) is 0 Å². The van der Waals surface area contributed by atoms with Crippen molar-refractivity contribution in [3.8, 4) is 17.2 Å². The molecule has 4 bridgehead atoms. The molecule has 3 heterocycles. The number of ketones is 1. The molecule has 1 aromatic rings. The number of aliphatic hydroxyl groups excluding tert-OH is 1. The monoisotopic (exact) mass is 630 g/mol. The summed E-state index contributed by atoms with van der Waals surface area (Å²) >= 11 is 0. The van der Waals surface area contributed by atoms with Gasteiger partial charge in [0.15, 0.2) is 11.4 Å². The van der Waals surface area contributed by atoms with Gasteiger partial charge in [-0.2, -0.15) is 0 Å². The Labute approximate surface area is 271 Å². The Morgan fingerprint density at radius 3 is 2.37 bits per heavy atom. The van der Waals surface area contributed by atoms with Crippen molar-refractivity contribution in [3.63, 3.8) is 0 Å². The number of Topliss-reactive ketones (excluding diaryl/α,β-unsaturated/α-hetero) is 1. The summed E-state index contributed by atoms with van der Waals surface area (Å²) in [5, 5.41) is 33.4. The number of phenolic OH excluding ortho intramolecular Hbond substituents is 1. The average molecular weight is 631 g/mol. The molecule has 3 N–H and O–H groups in total. The minimum absolute atomic E-state index is 0.0323. The number of aliphatic carboxylic acids is 1. The van der Waals surface area contributed by atoms with E-state index in [0.29, 0.717) is 41.7 Å². The van der Waals surface area contributed by atoms with E-state index >= 15 is 0 Å². The number of phenols is 1. The highest BCUT2D eigenvalue weighted by Gasteiger charge is 2.80. The number of carboxylic acid groups (broad SMARTS) is 1. The number of allylic oxidation sites excluding steroid dienone is 4. The summed E-state index contributed by atoms with van der Waals surface area (Å²) in [4.78, 5) is 26.6. The van der Waals surface area contributed by atoms with Crippen LogP contribution >= 0.6 is 0 Å². The van der Waals surface area contributed by atoms with Gasteiger partial charge in [0.25, 0.3) is 0 Å². The van der Waals surface area contributed by atoms with Crippen LogP contribution in [0.1, 0.15) is 103 Å². The van der Waals surface area contributed by atoms with E-state index in [1.54, 1.807) is 12.2 Å². The third-order valence-electron chi connectivity index (χ3n) is 10.7. The van der Waals surface area contributed by atoms with Gasteiger partial charge in [-0.05, 0) is 93.2 Å². The van der Waals surface area contributed by atoms with Crippen molar-refractivity contribution in [2.24, 2.45) is 11.8 Å². The maximum absolute atomic E-state index is 14.7. The molecule has 1 aromatic carbocycles. The fraction of sp³-hybridized carbons (Fsp3) is 0.526. The molecule has 0 amide bonds. The smallest absolute Gasteiger partial charge is 0.330 e. The average Bonchev–Trinajstić information content (AvgIpc) is 3.12. The molecular weight excluding hydrogens is 584 g/mol. The summed E-state index contributed by atoms with van der Waals surface area (Å²) in [6.45, 7) is 15.5. The van der Waals surface area contributed by atoms with Gasteiger partial charge >= 0.3 is 5.97 Å². The Morgan fingerprint density at radius 2 is 1.72 bits per heavy atom. The number of aliphatic hydroxyl groups is 1. The summed E-state index contributed by atoms with van der Waals surface area (Å²) in [7, 11) is 0. The standard InChI is InChI=1S/C38H46O8/c1-20(2)10-9-15-36(8)16-14-24-29(39)28-30(40)26-18-23-19-27-35(6,7)46-37(33(23)41,17-13-22(5)34(42)43)38(26,27)45-32(28)25(31(24)44-36)12-11-21(3)4/h10-11,13-14,16,18,23,27,33,39,41H,9,12,15,17,19H2,1-8H3,(H,42,43)/t23-,27?,33+,36-,37-,38-/m0/s1. The lowest BCUT2D eigenvalue weighted by Gasteiger charge is -2.59. The van der Waals surface area contributed by atoms with Gasteiger partial charge in [-0.1, -0.05) is 35.5 Å². The van der Waals surface area contributed by atoms with Gasteiger partial charge in [-0.25, -0.2) is 4.79 Å². The lowest BCUT2D eigenvalue weighted by atomic mass is 9.50. The largest absolute Gasteiger partial charge is 0.506 e. The summed E-state index contributed by atoms with van der Waals surface area (Å²) < 4.78 is 20.8. The molecule has 1 saturated heterocycles. The third-order valence-corrected chi connectivity index (χ3v) is 10.7. The number of rotatable bonds is 8. The molecule has 3 aliphatic carbocycles. The van der Waals surface area contributed by atoms with Crippen molar-refractivity contribution < 1.29 is 39.1 Å². The lowest BCUT2D eigenvalue weighted by molar-refractivity contribution is -0.204. The normalized spacial score (nSPS) is 32.8. The molecule has 0 aromatic heterocycles. The van der Waals surface area contributed by atoms with E-state index < -0.39 is 40.4 Å². The molecule has 1 spiro atoms. The summed E-state index contributed by atoms with van der Waals surface area (Å²) in [5.41, 5.74) is -0.383. The van der Waals surface area contributed by atoms with E-state index in [1.165, 1.54) is 12.5 Å². The molecule has 246 valence electrons. The number of carbonyl (C=O) groups excluding carboxylic acids is 1. The molecule has 46 heavy (non-hydrogen) atoms. The van der Waals surface area contributed by atoms with Crippen LogP contribution in [0.25, 0.3) is 6.08 Å². The Kier molecular flexibility index (Phi) is 7.52. The van der Waals surface area contributed by atoms with Crippen LogP contribution in [-0.4, -0.2) is 55.6 Å². The number of benzene rings is 1. The van der Waals surface area contributed by atoms with Crippen LogP contribution in [-0.2, 0) is 16.0 Å². The zero-order chi connectivity index (χ0) is 33.6. The molecule has 8 nitrogen and oxygen atoms in total. The van der Waals surface area contributed by atoms with Gasteiger partial charge in [0.05, 0.1) is 17.3 Å². The molecule has 6 atom stereocenters. The number of carbonyl (C=O) groups is 2. The fourth-order valence-electron chi connectivity index (χ4n) is 8.41. The van der Waals surface area contributed by atoms with E-state index in [0.717, 1.165) is 12.0 Å². The number of ether oxygens (including phenoxy) is 3. The SMILES string of the molecule is CC(C)=CCC[C@@]1(C)C=Cc2c(O)c3c(c(CC=C(C)C)c2O1)O[C@@]12C(=C[C@H]4CC1C(C)(C)O[C@@]2(CC=C(C)C(=O)O)[C@@H]4O)C3=O. The Hall–Kier alpha value is -3.62. The van der Waals surface area contributed by atoms with E-state index in [2.05, 4.69) is 19.9 Å². The van der Waals surface area contributed by atoms with Gasteiger partial charge in [0.1, 0.15) is 34.0 Å². The Balaban J connectivity index is 1.58. The van der Waals surface area contributed by atoms with Gasteiger partial charge in [0.2, 0.25) is 0 Å². The predicted octanol–water partition coefficient (Wildman–Crippen LogP) is 7.03. The quantitative estimate of drug-likeness (QED) is 0.207. The second-order valence-corrected chi connectivity index (χ2v) is 15.0. The van der Waals surface area contributed by atoms with Gasteiger partial charge in [-0.3, -0.25) is 4.79 Å². The molecule has 3 aliphatic heterocycles. The van der Waals surface area contributed by atoms with Gasteiger partial charge < -0.3 is 29.5 Å². The predicted molar refractivity (Wildman–Crippen MR) is 175 cm³/mol. The first-order valence-corrected chi connectivity index (χ1v) is 16.3. The number of carboxylic acids is 1. The number of fused-ring (bicyclic) bond motifs is 2. The molecule has 1 saturated carbocycles. The second-order valence-electron chi connectivity index (χ2n) is 15.0. The number of hydrogen-bond donors (Lipinski definition) is 3. The van der Waals surface area contributed by atoms with Crippen molar-refractivity contribution in [2.75, 3.05) is 0 Å². The number of hydrogen-bond acceptors (Lipinski definition) is 7. The first kappa shape index (κ1) is 32.3. The minimum atomic E-state index is -1.43. The van der Waals surface area contributed by atoms with Crippen LogP contribution in [0, 0.1) is 11.8 Å². The highest BCUT2D eigenvalue weighted by atomic mass is 16.6. The molecule has 8 heteroatoms. The fourth-order valence-corrected chi connectivity index (χ4v) is 8.41.